The summed E-state index contributed by atoms with van der Waals surface area (Å²) >= 11 is 3.94. The van der Waals surface area contributed by atoms with Gasteiger partial charge in [0.1, 0.15) is 12.2 Å². The van der Waals surface area contributed by atoms with Crippen LogP contribution in [0.2, 0.25) is 0 Å². The highest BCUT2D eigenvalue weighted by molar-refractivity contribution is 14.1. The van der Waals surface area contributed by atoms with Crippen LogP contribution in [0.5, 0.6) is 5.75 Å². The van der Waals surface area contributed by atoms with Crippen LogP contribution >= 0.6 is 45.2 Å². The van der Waals surface area contributed by atoms with E-state index in [0.29, 0.717) is 10.5 Å². The van der Waals surface area contributed by atoms with Crippen molar-refractivity contribution in [2.24, 2.45) is 0 Å². The Kier molecular flexibility index (Phi) is 7.20. The molecule has 0 aromatic heterocycles. The standard InChI is InChI=1S/C15H16F2I2O5/c1-14(2,3)24-13(21)23-11-8(5-9(18)6-10(11)19)7-22-12(20)15(4,16)17/h5-6H,7H2,1-4H3. The summed E-state index contributed by atoms with van der Waals surface area (Å²) in [5.41, 5.74) is -0.461. The average Bonchev–Trinajstić information content (AvgIpc) is 2.36. The maximum absolute atomic E-state index is 12.9. The first kappa shape index (κ1) is 21.3. The zero-order valence-corrected chi connectivity index (χ0v) is 17.7. The minimum atomic E-state index is -3.60. The molecule has 24 heavy (non-hydrogen) atoms. The maximum atomic E-state index is 12.9. The molecule has 0 aliphatic rings. The number of rotatable bonds is 4. The minimum Gasteiger partial charge on any atom is -0.456 e. The largest absolute Gasteiger partial charge is 0.514 e. The number of benzene rings is 1. The van der Waals surface area contributed by atoms with Gasteiger partial charge in [0.05, 0.1) is 3.57 Å². The molecular formula is C15H16F2I2O5. The number of ether oxygens (including phenoxy) is 3. The highest BCUT2D eigenvalue weighted by atomic mass is 127. The first-order chi connectivity index (χ1) is 10.8. The summed E-state index contributed by atoms with van der Waals surface area (Å²) in [4.78, 5) is 23.1. The van der Waals surface area contributed by atoms with Crippen LogP contribution in [-0.2, 0) is 20.9 Å². The van der Waals surface area contributed by atoms with E-state index in [4.69, 9.17) is 9.47 Å². The number of carbonyl (C=O) groups excluding carboxylic acids is 2. The van der Waals surface area contributed by atoms with Crippen LogP contribution < -0.4 is 4.74 Å². The van der Waals surface area contributed by atoms with Gasteiger partial charge in [0, 0.05) is 16.1 Å². The predicted octanol–water partition coefficient (Wildman–Crippen LogP) is 4.91. The van der Waals surface area contributed by atoms with Crippen molar-refractivity contribution in [3.05, 3.63) is 24.8 Å². The highest BCUT2D eigenvalue weighted by Gasteiger charge is 2.34. The third-order valence-corrected chi connectivity index (χ3v) is 3.80. The molecule has 0 bridgehead atoms. The fraction of sp³-hybridized carbons (Fsp3) is 0.467. The van der Waals surface area contributed by atoms with Gasteiger partial charge in [-0.15, -0.1) is 0 Å². The van der Waals surface area contributed by atoms with Crippen molar-refractivity contribution in [1.82, 2.24) is 0 Å². The summed E-state index contributed by atoms with van der Waals surface area (Å²) in [6, 6.07) is 3.30. The minimum absolute atomic E-state index is 0.109. The van der Waals surface area contributed by atoms with Crippen LogP contribution in [0.15, 0.2) is 12.1 Å². The van der Waals surface area contributed by atoms with E-state index in [2.05, 4.69) is 4.74 Å². The van der Waals surface area contributed by atoms with Gasteiger partial charge in [-0.1, -0.05) is 0 Å². The molecule has 0 aliphatic heterocycles. The summed E-state index contributed by atoms with van der Waals surface area (Å²) in [7, 11) is 0. The molecule has 0 saturated carbocycles. The summed E-state index contributed by atoms with van der Waals surface area (Å²) in [6.07, 6.45) is -0.935. The third kappa shape index (κ3) is 7.03. The van der Waals surface area contributed by atoms with E-state index in [-0.39, 0.29) is 11.3 Å². The second kappa shape index (κ2) is 8.11. The van der Waals surface area contributed by atoms with Gasteiger partial charge in [-0.25, -0.2) is 9.59 Å². The number of esters is 1. The fourth-order valence-corrected chi connectivity index (χ4v) is 3.53. The van der Waals surface area contributed by atoms with Crippen LogP contribution in [0.25, 0.3) is 0 Å². The predicted molar refractivity (Wildman–Crippen MR) is 99.2 cm³/mol. The number of carbonyl (C=O) groups is 2. The molecule has 0 aliphatic carbocycles. The van der Waals surface area contributed by atoms with Crippen LogP contribution in [0.1, 0.15) is 33.3 Å². The molecule has 5 nitrogen and oxygen atoms in total. The molecule has 0 fully saturated rings. The number of hydrogen-bond acceptors (Lipinski definition) is 5. The lowest BCUT2D eigenvalue weighted by Crippen LogP contribution is -2.27. The Morgan fingerprint density at radius 2 is 1.71 bits per heavy atom. The maximum Gasteiger partial charge on any atom is 0.514 e. The van der Waals surface area contributed by atoms with Crippen molar-refractivity contribution in [1.29, 1.82) is 0 Å². The lowest BCUT2D eigenvalue weighted by molar-refractivity contribution is -0.170. The van der Waals surface area contributed by atoms with Gasteiger partial charge in [-0.05, 0) is 78.1 Å². The zero-order chi connectivity index (χ0) is 18.7. The van der Waals surface area contributed by atoms with Gasteiger partial charge in [-0.3, -0.25) is 0 Å². The lowest BCUT2D eigenvalue weighted by atomic mass is 10.2. The van der Waals surface area contributed by atoms with Gasteiger partial charge in [0.2, 0.25) is 0 Å². The lowest BCUT2D eigenvalue weighted by Gasteiger charge is -2.20. The molecule has 134 valence electrons. The molecular weight excluding hydrogens is 552 g/mol. The van der Waals surface area contributed by atoms with Crippen molar-refractivity contribution < 1.29 is 32.6 Å². The molecule has 0 heterocycles. The van der Waals surface area contributed by atoms with E-state index in [0.717, 1.165) is 3.57 Å². The topological polar surface area (TPSA) is 61.8 Å². The SMILES string of the molecule is CC(C)(C)OC(=O)Oc1c(I)cc(I)cc1COC(=O)C(C)(F)F. The Morgan fingerprint density at radius 3 is 2.21 bits per heavy atom. The van der Waals surface area contributed by atoms with E-state index in [1.165, 1.54) is 0 Å². The van der Waals surface area contributed by atoms with Crippen LogP contribution in [0.4, 0.5) is 13.6 Å². The average molecular weight is 568 g/mol. The second-order valence-electron chi connectivity index (χ2n) is 5.91. The second-order valence-corrected chi connectivity index (χ2v) is 8.31. The molecule has 0 radical (unpaired) electrons. The summed E-state index contributed by atoms with van der Waals surface area (Å²) in [5.74, 6) is -5.14. The van der Waals surface area contributed by atoms with E-state index < -0.39 is 30.3 Å². The van der Waals surface area contributed by atoms with E-state index in [1.807, 2.05) is 45.2 Å². The fourth-order valence-electron chi connectivity index (χ4n) is 1.46. The molecule has 1 aromatic carbocycles. The molecule has 0 unspecified atom stereocenters. The molecule has 0 atom stereocenters. The zero-order valence-electron chi connectivity index (χ0n) is 13.4. The van der Waals surface area contributed by atoms with Crippen LogP contribution in [0, 0.1) is 7.14 Å². The molecule has 1 aromatic rings. The summed E-state index contributed by atoms with van der Waals surface area (Å²) < 4.78 is 41.9. The summed E-state index contributed by atoms with van der Waals surface area (Å²) in [6.45, 7) is 5.04. The van der Waals surface area contributed by atoms with Crippen LogP contribution in [0.3, 0.4) is 0 Å². The first-order valence-electron chi connectivity index (χ1n) is 6.73. The van der Waals surface area contributed by atoms with Crippen molar-refractivity contribution in [3.8, 4) is 5.75 Å². The van der Waals surface area contributed by atoms with E-state index in [9.17, 15) is 18.4 Å². The Labute approximate surface area is 165 Å². The Bertz CT molecular complexity index is 636. The molecule has 0 spiro atoms. The van der Waals surface area contributed by atoms with Gasteiger partial charge in [-0.2, -0.15) is 8.78 Å². The Balaban J connectivity index is 2.99. The molecule has 0 N–H and O–H groups in total. The van der Waals surface area contributed by atoms with Gasteiger partial charge >= 0.3 is 18.0 Å². The third-order valence-electron chi connectivity index (χ3n) is 2.38. The molecule has 0 saturated heterocycles. The van der Waals surface area contributed by atoms with Gasteiger partial charge < -0.3 is 14.2 Å². The number of halogens is 4. The summed E-state index contributed by atoms with van der Waals surface area (Å²) in [5, 5.41) is 0. The van der Waals surface area contributed by atoms with Crippen molar-refractivity contribution in [3.63, 3.8) is 0 Å². The molecule has 9 heteroatoms. The van der Waals surface area contributed by atoms with Crippen molar-refractivity contribution >= 4 is 57.3 Å². The molecule has 0 amide bonds. The van der Waals surface area contributed by atoms with Crippen molar-refractivity contribution in [2.45, 2.75) is 45.8 Å². The first-order valence-corrected chi connectivity index (χ1v) is 8.89. The molecule has 1 rings (SSSR count). The monoisotopic (exact) mass is 568 g/mol. The number of alkyl halides is 2. The van der Waals surface area contributed by atoms with E-state index in [1.54, 1.807) is 32.9 Å². The van der Waals surface area contributed by atoms with Crippen molar-refractivity contribution in [2.75, 3.05) is 0 Å². The normalized spacial score (nSPS) is 11.8. The quantitative estimate of drug-likeness (QED) is 0.294. The Morgan fingerprint density at radius 1 is 1.12 bits per heavy atom. The van der Waals surface area contributed by atoms with Gasteiger partial charge in [0.15, 0.2) is 5.75 Å². The van der Waals surface area contributed by atoms with Crippen LogP contribution in [-0.4, -0.2) is 23.6 Å². The highest BCUT2D eigenvalue weighted by Crippen LogP contribution is 2.30. The Hall–Kier alpha value is -0.720. The smallest absolute Gasteiger partial charge is 0.456 e. The van der Waals surface area contributed by atoms with E-state index >= 15 is 0 Å². The number of hydrogen-bond donors (Lipinski definition) is 0. The van der Waals surface area contributed by atoms with Gasteiger partial charge in [0.25, 0.3) is 0 Å².